The number of hydrogen-bond donors (Lipinski definition) is 4. The topological polar surface area (TPSA) is 98.7 Å². The largest absolute Gasteiger partial charge is 0.507 e. The van der Waals surface area contributed by atoms with Gasteiger partial charge in [0.25, 0.3) is 0 Å². The Morgan fingerprint density at radius 3 is 1.00 bits per heavy atom. The van der Waals surface area contributed by atoms with Gasteiger partial charge in [0.05, 0.1) is 22.3 Å². The summed E-state index contributed by atoms with van der Waals surface area (Å²) < 4.78 is 238. The molecule has 0 fully saturated rings. The molecule has 0 spiro atoms. The van der Waals surface area contributed by atoms with Crippen LogP contribution in [-0.2, 0) is 0 Å². The number of carbonyl (C=O) groups is 2. The van der Waals surface area contributed by atoms with Crippen molar-refractivity contribution in [2.24, 2.45) is 0 Å². The lowest BCUT2D eigenvalue weighted by atomic mass is 9.81. The van der Waals surface area contributed by atoms with Crippen LogP contribution in [0.2, 0.25) is 0 Å². The van der Waals surface area contributed by atoms with Crippen molar-refractivity contribution in [3.8, 4) is 11.5 Å². The van der Waals surface area contributed by atoms with Crippen molar-refractivity contribution in [1.29, 1.82) is 0 Å². The van der Waals surface area contributed by atoms with Crippen molar-refractivity contribution in [1.82, 2.24) is 0 Å². The molecule has 4 N–H and O–H groups in total. The van der Waals surface area contributed by atoms with Crippen LogP contribution in [0.3, 0.4) is 0 Å². The molecule has 0 heterocycles. The first kappa shape index (κ1) is 40.2. The minimum Gasteiger partial charge on any atom is -0.507 e. The Morgan fingerprint density at radius 1 is 0.440 bits per heavy atom. The summed E-state index contributed by atoms with van der Waals surface area (Å²) in [6, 6.07) is 2.26. The van der Waals surface area contributed by atoms with E-state index in [2.05, 4.69) is 0 Å². The normalized spacial score (nSPS) is 15.2. The summed E-state index contributed by atoms with van der Waals surface area (Å²) in [7, 11) is 0. The molecule has 0 aromatic heterocycles. The average Bonchev–Trinajstić information content (AvgIpc) is 2.95. The van der Waals surface area contributed by atoms with Gasteiger partial charge in [-0.05, 0) is 24.3 Å². The Kier molecular flexibility index (Phi) is 9.79. The van der Waals surface area contributed by atoms with Gasteiger partial charge < -0.3 is 20.8 Å². The molecule has 1 aliphatic rings. The molecule has 0 radical (unpaired) electrons. The quantitative estimate of drug-likeness (QED) is 0.109. The van der Waals surface area contributed by atoms with Crippen LogP contribution < -0.4 is 10.6 Å². The summed E-state index contributed by atoms with van der Waals surface area (Å²) in [5, 5.41) is 24.0. The minimum atomic E-state index is -7.24. The summed E-state index contributed by atoms with van der Waals surface area (Å²) in [6.45, 7) is -3.31. The van der Waals surface area contributed by atoms with Crippen molar-refractivity contribution < 1.29 is 98.8 Å². The number of hydrogen-bond acceptors (Lipinski definition) is 6. The monoisotopic (exact) mass is 762 g/mol. The van der Waals surface area contributed by atoms with Gasteiger partial charge in [-0.25, -0.2) is 0 Å². The number of halogens is 18. The number of alkyl halides is 18. The molecule has 6 nitrogen and oxygen atoms in total. The second-order valence-corrected chi connectivity index (χ2v) is 10.5. The molecule has 2 aromatic carbocycles. The van der Waals surface area contributed by atoms with Gasteiger partial charge in [-0.2, -0.15) is 79.0 Å². The van der Waals surface area contributed by atoms with Crippen molar-refractivity contribution >= 4 is 22.9 Å². The smallest absolute Gasteiger partial charge is 0.460 e. The van der Waals surface area contributed by atoms with Gasteiger partial charge in [0.1, 0.15) is 11.5 Å². The molecule has 0 bridgehead atoms. The highest BCUT2D eigenvalue weighted by Gasteiger charge is 2.82. The fourth-order valence-electron chi connectivity index (χ4n) is 4.50. The molecule has 50 heavy (non-hydrogen) atoms. The maximum atomic E-state index is 14.0. The number of fused-ring (bicyclic) bond motifs is 2. The number of phenolic OH excluding ortho intramolecular Hbond substituents is 2. The number of aromatic hydroxyl groups is 2. The molecule has 1 aliphatic carbocycles. The Bertz CT molecular complexity index is 1550. The first-order valence-electron chi connectivity index (χ1n) is 13.0. The fourth-order valence-corrected chi connectivity index (χ4v) is 4.50. The molecule has 0 amide bonds. The van der Waals surface area contributed by atoms with Gasteiger partial charge in [-0.15, -0.1) is 0 Å². The molecular formula is C26H16F18N2O4. The van der Waals surface area contributed by atoms with Crippen molar-refractivity contribution in [2.75, 3.05) is 23.7 Å². The van der Waals surface area contributed by atoms with Gasteiger partial charge in [0.15, 0.2) is 5.78 Å². The number of rotatable bonds is 12. The summed E-state index contributed by atoms with van der Waals surface area (Å²) >= 11 is 0. The molecule has 0 saturated heterocycles. The minimum absolute atomic E-state index is 0.556. The lowest BCUT2D eigenvalue weighted by Crippen LogP contribution is -2.61. The molecule has 0 saturated carbocycles. The second kappa shape index (κ2) is 12.2. The predicted octanol–water partition coefficient (Wildman–Crippen LogP) is 8.41. The zero-order valence-corrected chi connectivity index (χ0v) is 23.7. The maximum absolute atomic E-state index is 14.0. The Morgan fingerprint density at radius 2 is 0.720 bits per heavy atom. The second-order valence-electron chi connectivity index (χ2n) is 10.5. The first-order chi connectivity index (χ1) is 22.3. The number of nitrogens with one attached hydrogen (secondary N) is 2. The lowest BCUT2D eigenvalue weighted by molar-refractivity contribution is -0.396. The van der Waals surface area contributed by atoms with Gasteiger partial charge in [-0.3, -0.25) is 9.59 Å². The van der Waals surface area contributed by atoms with E-state index in [0.29, 0.717) is 24.3 Å². The van der Waals surface area contributed by atoms with E-state index < -0.39 is 131 Å². The molecule has 24 heteroatoms. The lowest BCUT2D eigenvalue weighted by Gasteiger charge is -2.34. The van der Waals surface area contributed by atoms with E-state index in [1.165, 1.54) is 0 Å². The fraction of sp³-hybridized carbons (Fsp3) is 0.462. The number of phenols is 2. The zero-order valence-electron chi connectivity index (χ0n) is 23.7. The summed E-state index contributed by atoms with van der Waals surface area (Å²) in [4.78, 5) is 26.7. The Hall–Kier alpha value is -4.28. The van der Waals surface area contributed by atoms with Crippen LogP contribution in [0, 0.1) is 0 Å². The van der Waals surface area contributed by atoms with E-state index in [0.717, 1.165) is 0 Å². The maximum Gasteiger partial charge on any atom is 0.460 e. The number of benzene rings is 2. The van der Waals surface area contributed by atoms with E-state index in [4.69, 9.17) is 0 Å². The predicted molar refractivity (Wildman–Crippen MR) is 131 cm³/mol. The molecular weight excluding hydrogens is 746 g/mol. The number of carbonyl (C=O) groups excluding carboxylic acids is 2. The molecule has 0 atom stereocenters. The van der Waals surface area contributed by atoms with E-state index in [9.17, 15) is 98.8 Å². The zero-order chi connectivity index (χ0) is 38.8. The summed E-state index contributed by atoms with van der Waals surface area (Å²) in [5.74, 6) is -46.1. The van der Waals surface area contributed by atoms with Crippen LogP contribution in [-0.4, -0.2) is 82.8 Å². The van der Waals surface area contributed by atoms with Crippen LogP contribution in [0.15, 0.2) is 24.3 Å². The number of anilines is 2. The van der Waals surface area contributed by atoms with Crippen LogP contribution in [0.1, 0.15) is 44.7 Å². The molecule has 3 rings (SSSR count). The Labute approximate surface area is 265 Å². The molecule has 2 aromatic rings. The molecule has 0 aliphatic heterocycles. The van der Waals surface area contributed by atoms with Crippen LogP contribution in [0.25, 0.3) is 0 Å². The van der Waals surface area contributed by atoms with Gasteiger partial charge in [0, 0.05) is 37.3 Å². The number of ketones is 2. The third kappa shape index (κ3) is 6.17. The first-order valence-corrected chi connectivity index (χ1v) is 13.0. The average molecular weight is 762 g/mol. The van der Waals surface area contributed by atoms with Crippen molar-refractivity contribution in [2.45, 2.75) is 60.7 Å². The highest BCUT2D eigenvalue weighted by molar-refractivity contribution is 6.33. The van der Waals surface area contributed by atoms with E-state index in [1.807, 2.05) is 0 Å². The summed E-state index contributed by atoms with van der Waals surface area (Å²) in [6.07, 6.45) is -19.3. The van der Waals surface area contributed by atoms with Gasteiger partial charge >= 0.3 is 47.9 Å². The van der Waals surface area contributed by atoms with Gasteiger partial charge in [0.2, 0.25) is 5.78 Å². The van der Waals surface area contributed by atoms with E-state index >= 15 is 0 Å². The van der Waals surface area contributed by atoms with Crippen molar-refractivity contribution in [3.05, 3.63) is 46.5 Å². The molecule has 0 unspecified atom stereocenters. The third-order valence-electron chi connectivity index (χ3n) is 7.20. The summed E-state index contributed by atoms with van der Waals surface area (Å²) in [5.41, 5.74) is -6.15. The highest BCUT2D eigenvalue weighted by atomic mass is 19.4. The Balaban J connectivity index is 1.95. The van der Waals surface area contributed by atoms with Crippen LogP contribution >= 0.6 is 0 Å². The SMILES string of the molecule is O=C1c2c(O)ccc(NCCC(F)(F)C(F)(F)C(F)(F)C(F)(F)F)c2C(=O)c2c(NCCC(F)(F)C(F)(F)C(F)(F)C(F)(F)F)ccc(O)c21. The molecule has 280 valence electrons. The van der Waals surface area contributed by atoms with E-state index in [-0.39, 0.29) is 0 Å². The van der Waals surface area contributed by atoms with Crippen molar-refractivity contribution in [3.63, 3.8) is 0 Å². The standard InChI is InChI=1S/C26H16F18N2O4/c27-19(28,21(31,32)23(35,36)25(39,40)41)5-7-45-9-1-3-11(47)15-13(9)17(49)14-10(2-4-12(48)16(14)18(15)50)46-8-6-20(29,30)22(33,34)24(37,38)26(42,43)44/h1-4,45-48H,5-8H2. The highest BCUT2D eigenvalue weighted by Crippen LogP contribution is 2.55. The van der Waals surface area contributed by atoms with Gasteiger partial charge in [-0.1, -0.05) is 0 Å². The van der Waals surface area contributed by atoms with Crippen LogP contribution in [0.5, 0.6) is 11.5 Å². The third-order valence-corrected chi connectivity index (χ3v) is 7.20. The van der Waals surface area contributed by atoms with Crippen LogP contribution in [0.4, 0.5) is 90.4 Å². The van der Waals surface area contributed by atoms with E-state index in [1.54, 1.807) is 10.6 Å².